The van der Waals surface area contributed by atoms with Crippen molar-refractivity contribution in [3.05, 3.63) is 91.0 Å². The van der Waals surface area contributed by atoms with Gasteiger partial charge in [0.15, 0.2) is 5.60 Å². The lowest BCUT2D eigenvalue weighted by molar-refractivity contribution is -0.155. The summed E-state index contributed by atoms with van der Waals surface area (Å²) >= 11 is 0. The number of imidazole rings is 2. The standard InChI is InChI=1S/C42H50N10O4/c1-25(2)35(50-41-44-19-8-20-45-41)38(53)51-21-6-9-33(51)36-46-23-31(48-36)29-15-11-27(12-16-29)28-13-17-30(18-14-28)32-24-47-37(49-32)34-10-7-22-52(34)39(54)42(5,26(3)4)56-40(43)55/h8,11-20,23-26,33-35H,6-7,9-10,21-22H2,1-5H3,(H2,43,55)(H,46,48)(H,47,49)(H,44,45,50)/t33-,34-,35+,42-/m0/s1. The van der Waals surface area contributed by atoms with Crippen LogP contribution in [0.5, 0.6) is 0 Å². The Kier molecular flexibility index (Phi) is 10.9. The van der Waals surface area contributed by atoms with E-state index in [0.717, 1.165) is 65.1 Å². The Bertz CT molecular complexity index is 2150. The molecule has 0 aliphatic carbocycles. The second-order valence-electron chi connectivity index (χ2n) is 15.5. The van der Waals surface area contributed by atoms with Gasteiger partial charge in [0.1, 0.15) is 17.7 Å². The average Bonchev–Trinajstić information content (AvgIpc) is 4.03. The number of nitrogens with two attached hydrogens (primary N) is 1. The highest BCUT2D eigenvalue weighted by atomic mass is 16.6. The Morgan fingerprint density at radius 3 is 1.73 bits per heavy atom. The van der Waals surface area contributed by atoms with Crippen molar-refractivity contribution < 1.29 is 19.1 Å². The Hall–Kier alpha value is -6.05. The lowest BCUT2D eigenvalue weighted by Crippen LogP contribution is -2.53. The monoisotopic (exact) mass is 758 g/mol. The Balaban J connectivity index is 1.01. The van der Waals surface area contributed by atoms with Gasteiger partial charge in [-0.15, -0.1) is 0 Å². The zero-order valence-electron chi connectivity index (χ0n) is 32.5. The fraction of sp³-hybridized carbons (Fsp3) is 0.405. The molecule has 5 N–H and O–H groups in total. The first-order valence-corrected chi connectivity index (χ1v) is 19.4. The topological polar surface area (TPSA) is 188 Å². The molecule has 14 heteroatoms. The summed E-state index contributed by atoms with van der Waals surface area (Å²) in [6.07, 6.45) is 9.29. The number of nitrogens with zero attached hydrogens (tertiary/aromatic N) is 6. The third-order valence-electron chi connectivity index (χ3n) is 11.2. The van der Waals surface area contributed by atoms with Crippen LogP contribution in [0.15, 0.2) is 79.4 Å². The summed E-state index contributed by atoms with van der Waals surface area (Å²) in [6.45, 7) is 10.6. The first kappa shape index (κ1) is 38.2. The molecule has 4 atom stereocenters. The van der Waals surface area contributed by atoms with Crippen LogP contribution < -0.4 is 11.1 Å². The van der Waals surface area contributed by atoms with E-state index in [0.29, 0.717) is 24.9 Å². The number of nitrogens with one attached hydrogen (secondary N) is 3. The van der Waals surface area contributed by atoms with Gasteiger partial charge < -0.3 is 35.6 Å². The van der Waals surface area contributed by atoms with Crippen molar-refractivity contribution in [3.63, 3.8) is 0 Å². The Morgan fingerprint density at radius 2 is 1.25 bits per heavy atom. The summed E-state index contributed by atoms with van der Waals surface area (Å²) in [4.78, 5) is 67.7. The van der Waals surface area contributed by atoms with Crippen LogP contribution >= 0.6 is 0 Å². The van der Waals surface area contributed by atoms with Gasteiger partial charge in [-0.2, -0.15) is 0 Å². The zero-order chi connectivity index (χ0) is 39.6. The number of H-pyrrole nitrogens is 2. The molecule has 5 aromatic rings. The van der Waals surface area contributed by atoms with E-state index in [4.69, 9.17) is 15.5 Å². The number of ether oxygens (including phenoxy) is 1. The summed E-state index contributed by atoms with van der Waals surface area (Å²) in [7, 11) is 0. The predicted molar refractivity (Wildman–Crippen MR) is 213 cm³/mol. The average molecular weight is 759 g/mol. The second kappa shape index (κ2) is 16.0. The molecule has 0 radical (unpaired) electrons. The molecular weight excluding hydrogens is 709 g/mol. The van der Waals surface area contributed by atoms with Crippen molar-refractivity contribution in [3.8, 4) is 33.6 Å². The summed E-state index contributed by atoms with van der Waals surface area (Å²) in [5, 5.41) is 3.24. The molecule has 0 unspecified atom stereocenters. The molecule has 2 aliphatic rings. The quantitative estimate of drug-likeness (QED) is 0.105. The zero-order valence-corrected chi connectivity index (χ0v) is 32.5. The van der Waals surface area contributed by atoms with Crippen LogP contribution in [0.3, 0.4) is 0 Å². The summed E-state index contributed by atoms with van der Waals surface area (Å²) in [5.41, 5.74) is 9.82. The number of primary amides is 1. The molecule has 3 aromatic heterocycles. The second-order valence-corrected chi connectivity index (χ2v) is 15.5. The van der Waals surface area contributed by atoms with E-state index >= 15 is 0 Å². The van der Waals surface area contributed by atoms with Crippen LogP contribution in [0.2, 0.25) is 0 Å². The lowest BCUT2D eigenvalue weighted by atomic mass is 9.90. The number of benzene rings is 2. The highest BCUT2D eigenvalue weighted by Crippen LogP contribution is 2.37. The molecule has 0 bridgehead atoms. The van der Waals surface area contributed by atoms with Gasteiger partial charge in [-0.1, -0.05) is 76.2 Å². The summed E-state index contributed by atoms with van der Waals surface area (Å²) in [5.74, 6) is 1.44. The number of carbonyl (C=O) groups is 3. The molecule has 2 aromatic carbocycles. The van der Waals surface area contributed by atoms with E-state index in [9.17, 15) is 14.4 Å². The number of rotatable bonds is 12. The molecule has 292 valence electrons. The Morgan fingerprint density at radius 1 is 0.768 bits per heavy atom. The van der Waals surface area contributed by atoms with Gasteiger partial charge in [-0.05, 0) is 66.8 Å². The highest BCUT2D eigenvalue weighted by molar-refractivity contribution is 5.88. The van der Waals surface area contributed by atoms with Gasteiger partial charge in [0.2, 0.25) is 11.9 Å². The molecule has 5 heterocycles. The van der Waals surface area contributed by atoms with Gasteiger partial charge in [0.05, 0.1) is 35.9 Å². The molecule has 3 amide bonds. The van der Waals surface area contributed by atoms with Crippen LogP contribution in [0, 0.1) is 11.8 Å². The van der Waals surface area contributed by atoms with Crippen molar-refractivity contribution in [2.75, 3.05) is 18.4 Å². The maximum atomic E-state index is 13.8. The Labute approximate surface area is 326 Å². The van der Waals surface area contributed by atoms with Gasteiger partial charge in [0.25, 0.3) is 5.91 Å². The van der Waals surface area contributed by atoms with Crippen molar-refractivity contribution in [1.29, 1.82) is 0 Å². The summed E-state index contributed by atoms with van der Waals surface area (Å²) in [6, 6.07) is 17.5. The van der Waals surface area contributed by atoms with E-state index in [1.165, 1.54) is 0 Å². The van der Waals surface area contributed by atoms with Gasteiger partial charge in [0, 0.05) is 31.4 Å². The van der Waals surface area contributed by atoms with E-state index in [-0.39, 0.29) is 35.7 Å². The van der Waals surface area contributed by atoms with Crippen LogP contribution in [0.25, 0.3) is 33.6 Å². The first-order chi connectivity index (χ1) is 26.9. The van der Waals surface area contributed by atoms with Crippen LogP contribution in [0.4, 0.5) is 10.7 Å². The SMILES string of the molecule is CC(C)[C@@H](Nc1ncccn1)C(=O)N1CCC[C@H]1c1ncc(-c2ccc(-c3ccc(-c4cnc([C@@H]5CCCN5C(=O)[C@@](C)(OC(N)=O)C(C)C)[nH]4)cc3)cc2)[nH]1. The first-order valence-electron chi connectivity index (χ1n) is 19.4. The maximum Gasteiger partial charge on any atom is 0.405 e. The molecule has 2 saturated heterocycles. The van der Waals surface area contributed by atoms with Crippen LogP contribution in [-0.4, -0.2) is 82.3 Å². The predicted octanol–water partition coefficient (Wildman–Crippen LogP) is 6.90. The fourth-order valence-electron chi connectivity index (χ4n) is 7.71. The molecule has 56 heavy (non-hydrogen) atoms. The molecule has 0 spiro atoms. The largest absolute Gasteiger partial charge is 0.433 e. The third-order valence-corrected chi connectivity index (χ3v) is 11.2. The normalized spacial score (nSPS) is 18.6. The number of aromatic amines is 2. The smallest absolute Gasteiger partial charge is 0.405 e. The number of anilines is 1. The number of hydrogen-bond donors (Lipinski definition) is 4. The van der Waals surface area contributed by atoms with E-state index in [1.807, 2.05) is 38.8 Å². The van der Waals surface area contributed by atoms with Gasteiger partial charge in [-0.3, -0.25) is 9.59 Å². The molecule has 2 fully saturated rings. The minimum Gasteiger partial charge on any atom is -0.433 e. The van der Waals surface area contributed by atoms with Gasteiger partial charge >= 0.3 is 6.09 Å². The minimum atomic E-state index is -1.37. The van der Waals surface area contributed by atoms with E-state index in [2.05, 4.69) is 78.8 Å². The number of likely N-dealkylation sites (tertiary alicyclic amines) is 2. The highest BCUT2D eigenvalue weighted by Gasteiger charge is 2.47. The maximum absolute atomic E-state index is 13.8. The minimum absolute atomic E-state index is 0.0201. The van der Waals surface area contributed by atoms with Crippen molar-refractivity contribution in [2.45, 2.75) is 84.0 Å². The number of carbonyl (C=O) groups excluding carboxylic acids is 3. The van der Waals surface area contributed by atoms with E-state index < -0.39 is 17.7 Å². The molecular formula is C42H50N10O4. The van der Waals surface area contributed by atoms with Crippen molar-refractivity contribution in [1.82, 2.24) is 39.7 Å². The van der Waals surface area contributed by atoms with Gasteiger partial charge in [-0.25, -0.2) is 24.7 Å². The third kappa shape index (κ3) is 7.73. The van der Waals surface area contributed by atoms with Crippen LogP contribution in [0.1, 0.15) is 84.0 Å². The molecule has 7 rings (SSSR count). The number of hydrogen-bond acceptors (Lipinski definition) is 9. The lowest BCUT2D eigenvalue weighted by Gasteiger charge is -2.36. The van der Waals surface area contributed by atoms with Crippen LogP contribution in [-0.2, 0) is 14.3 Å². The molecule has 2 aliphatic heterocycles. The fourth-order valence-corrected chi connectivity index (χ4v) is 7.71. The van der Waals surface area contributed by atoms with Crippen molar-refractivity contribution >= 4 is 23.9 Å². The molecule has 14 nitrogen and oxygen atoms in total. The number of aromatic nitrogens is 6. The summed E-state index contributed by atoms with van der Waals surface area (Å²) < 4.78 is 5.36. The van der Waals surface area contributed by atoms with E-state index in [1.54, 1.807) is 36.5 Å². The van der Waals surface area contributed by atoms with Crippen molar-refractivity contribution in [2.24, 2.45) is 17.6 Å². The molecule has 0 saturated carbocycles. The number of amides is 3.